The van der Waals surface area contributed by atoms with E-state index in [1.165, 1.54) is 0 Å². The zero-order valence-electron chi connectivity index (χ0n) is 9.16. The fourth-order valence-electron chi connectivity index (χ4n) is 2.47. The second-order valence-corrected chi connectivity index (χ2v) is 4.84. The lowest BCUT2D eigenvalue weighted by atomic mass is 9.81. The monoisotopic (exact) mass is 225 g/mol. The van der Waals surface area contributed by atoms with Crippen LogP contribution in [-0.2, 0) is 14.4 Å². The lowest BCUT2D eigenvalue weighted by Crippen LogP contribution is -2.50. The maximum absolute atomic E-state index is 11.9. The number of Topliss-reactive ketones (excluding diaryl/α,β-unsaturated/α-hetero) is 1. The molecule has 0 bridgehead atoms. The number of carbonyl (C=O) groups excluding carboxylic acids is 2. The van der Waals surface area contributed by atoms with Crippen molar-refractivity contribution in [3.63, 3.8) is 0 Å². The third-order valence-electron chi connectivity index (χ3n) is 3.51. The smallest absolute Gasteiger partial charge is 0.306 e. The van der Waals surface area contributed by atoms with Gasteiger partial charge >= 0.3 is 5.97 Å². The van der Waals surface area contributed by atoms with Crippen LogP contribution in [0.3, 0.4) is 0 Å². The summed E-state index contributed by atoms with van der Waals surface area (Å²) in [6, 6.07) is 0. The topological polar surface area (TPSA) is 83.5 Å². The number of aliphatic carboxylic acids is 1. The molecular weight excluding hydrogens is 210 g/mol. The van der Waals surface area contributed by atoms with Gasteiger partial charge in [0.05, 0.1) is 12.3 Å². The third-order valence-corrected chi connectivity index (χ3v) is 3.51. The molecule has 16 heavy (non-hydrogen) atoms. The molecule has 1 aliphatic carbocycles. The summed E-state index contributed by atoms with van der Waals surface area (Å²) in [5.41, 5.74) is -0.880. The summed E-state index contributed by atoms with van der Waals surface area (Å²) < 4.78 is 0. The van der Waals surface area contributed by atoms with Crippen LogP contribution in [0.1, 0.15) is 32.6 Å². The van der Waals surface area contributed by atoms with E-state index in [-0.39, 0.29) is 30.4 Å². The van der Waals surface area contributed by atoms with Crippen molar-refractivity contribution in [3.8, 4) is 0 Å². The van der Waals surface area contributed by atoms with E-state index in [1.54, 1.807) is 6.92 Å². The van der Waals surface area contributed by atoms with Gasteiger partial charge in [-0.25, -0.2) is 0 Å². The number of carbonyl (C=O) groups is 3. The van der Waals surface area contributed by atoms with Crippen molar-refractivity contribution in [2.24, 2.45) is 11.8 Å². The van der Waals surface area contributed by atoms with Gasteiger partial charge in [-0.05, 0) is 25.2 Å². The van der Waals surface area contributed by atoms with Crippen molar-refractivity contribution in [1.82, 2.24) is 5.32 Å². The number of carboxylic acids is 1. The summed E-state index contributed by atoms with van der Waals surface area (Å²) in [5.74, 6) is -1.78. The Morgan fingerprint density at radius 1 is 1.56 bits per heavy atom. The number of hydrogen-bond donors (Lipinski definition) is 2. The molecule has 2 unspecified atom stereocenters. The van der Waals surface area contributed by atoms with Crippen molar-refractivity contribution in [2.75, 3.05) is 0 Å². The molecule has 0 aromatic heterocycles. The highest BCUT2D eigenvalue weighted by atomic mass is 16.4. The molecule has 1 aliphatic heterocycles. The van der Waals surface area contributed by atoms with E-state index < -0.39 is 17.4 Å². The minimum absolute atomic E-state index is 0.0944. The van der Waals surface area contributed by atoms with Crippen molar-refractivity contribution < 1.29 is 19.5 Å². The van der Waals surface area contributed by atoms with Crippen LogP contribution >= 0.6 is 0 Å². The lowest BCUT2D eigenvalue weighted by Gasteiger charge is -2.29. The van der Waals surface area contributed by atoms with Crippen LogP contribution in [0.4, 0.5) is 0 Å². The normalized spacial score (nSPS) is 31.3. The highest BCUT2D eigenvalue weighted by Crippen LogP contribution is 2.45. The number of nitrogens with one attached hydrogen (secondary N) is 1. The van der Waals surface area contributed by atoms with Crippen molar-refractivity contribution in [3.05, 3.63) is 0 Å². The van der Waals surface area contributed by atoms with Crippen molar-refractivity contribution in [1.29, 1.82) is 0 Å². The number of rotatable bonds is 4. The molecule has 2 rings (SSSR count). The van der Waals surface area contributed by atoms with Crippen LogP contribution in [0.2, 0.25) is 0 Å². The quantitative estimate of drug-likeness (QED) is 0.675. The minimum Gasteiger partial charge on any atom is -0.481 e. The number of carboxylic acid groups (broad SMARTS) is 1. The molecule has 5 heteroatoms. The van der Waals surface area contributed by atoms with Crippen LogP contribution < -0.4 is 5.32 Å². The van der Waals surface area contributed by atoms with Gasteiger partial charge in [-0.1, -0.05) is 6.92 Å². The third kappa shape index (κ3) is 1.70. The van der Waals surface area contributed by atoms with Crippen molar-refractivity contribution in [2.45, 2.75) is 38.1 Å². The van der Waals surface area contributed by atoms with Gasteiger partial charge in [0.15, 0.2) is 5.78 Å². The largest absolute Gasteiger partial charge is 0.481 e. The first-order valence-electron chi connectivity index (χ1n) is 5.53. The molecule has 1 saturated carbocycles. The molecule has 2 N–H and O–H groups in total. The molecule has 5 nitrogen and oxygen atoms in total. The summed E-state index contributed by atoms with van der Waals surface area (Å²) in [7, 11) is 0. The standard InChI is InChI=1S/C11H15NO4/c1-6(10(15)16)5-11(7-2-3-7)8(13)4-9(14)12-11/h6-7H,2-5H2,1H3,(H,12,14)(H,15,16). The SMILES string of the molecule is CC(CC1(C2CC2)NC(=O)CC1=O)C(=O)O. The zero-order valence-corrected chi connectivity index (χ0v) is 9.16. The van der Waals surface area contributed by atoms with Crippen LogP contribution in [0.5, 0.6) is 0 Å². The van der Waals surface area contributed by atoms with Crippen molar-refractivity contribution >= 4 is 17.7 Å². The van der Waals surface area contributed by atoms with Gasteiger partial charge in [-0.15, -0.1) is 0 Å². The fourth-order valence-corrected chi connectivity index (χ4v) is 2.47. The van der Waals surface area contributed by atoms with Gasteiger partial charge < -0.3 is 10.4 Å². The van der Waals surface area contributed by atoms with Crippen LogP contribution in [0, 0.1) is 11.8 Å². The Morgan fingerprint density at radius 3 is 2.56 bits per heavy atom. The number of ketones is 1. The molecule has 0 radical (unpaired) electrons. The first-order chi connectivity index (χ1) is 7.45. The van der Waals surface area contributed by atoms with E-state index in [0.29, 0.717) is 0 Å². The first-order valence-corrected chi connectivity index (χ1v) is 5.53. The van der Waals surface area contributed by atoms with Gasteiger partial charge in [-0.2, -0.15) is 0 Å². The van der Waals surface area contributed by atoms with Crippen LogP contribution in [0.15, 0.2) is 0 Å². The van der Waals surface area contributed by atoms with Gasteiger partial charge in [-0.3, -0.25) is 14.4 Å². The van der Waals surface area contributed by atoms with E-state index in [9.17, 15) is 14.4 Å². The van der Waals surface area contributed by atoms with Gasteiger partial charge in [0.2, 0.25) is 5.91 Å². The summed E-state index contributed by atoms with van der Waals surface area (Å²) in [4.78, 5) is 34.0. The zero-order chi connectivity index (χ0) is 11.9. The molecule has 1 amide bonds. The van der Waals surface area contributed by atoms with Gasteiger partial charge in [0.1, 0.15) is 5.54 Å². The minimum atomic E-state index is -0.922. The molecule has 88 valence electrons. The summed E-state index contributed by atoms with van der Waals surface area (Å²) in [6.45, 7) is 1.57. The maximum atomic E-state index is 11.9. The van der Waals surface area contributed by atoms with E-state index in [1.807, 2.05) is 0 Å². The molecule has 0 aromatic rings. The van der Waals surface area contributed by atoms with E-state index in [2.05, 4.69) is 5.32 Å². The second-order valence-electron chi connectivity index (χ2n) is 4.84. The lowest BCUT2D eigenvalue weighted by molar-refractivity contribution is -0.142. The van der Waals surface area contributed by atoms with Crippen LogP contribution in [-0.4, -0.2) is 28.3 Å². The van der Waals surface area contributed by atoms with Crippen LogP contribution in [0.25, 0.3) is 0 Å². The Kier molecular flexibility index (Phi) is 2.48. The Labute approximate surface area is 93.2 Å². The molecule has 0 aromatic carbocycles. The number of hydrogen-bond acceptors (Lipinski definition) is 3. The molecule has 1 saturated heterocycles. The summed E-state index contributed by atoms with van der Waals surface area (Å²) >= 11 is 0. The molecular formula is C11H15NO4. The van der Waals surface area contributed by atoms with E-state index in [4.69, 9.17) is 5.11 Å². The molecule has 2 atom stereocenters. The Morgan fingerprint density at radius 2 is 2.19 bits per heavy atom. The van der Waals surface area contributed by atoms with E-state index >= 15 is 0 Å². The maximum Gasteiger partial charge on any atom is 0.306 e. The Hall–Kier alpha value is -1.39. The average Bonchev–Trinajstić information content (AvgIpc) is 2.95. The summed E-state index contributed by atoms with van der Waals surface area (Å²) in [5, 5.41) is 11.6. The predicted octanol–water partition coefficient (Wildman–Crippen LogP) is 0.335. The summed E-state index contributed by atoms with van der Waals surface area (Å²) in [6.07, 6.45) is 1.93. The number of amides is 1. The van der Waals surface area contributed by atoms with Gasteiger partial charge in [0, 0.05) is 0 Å². The highest BCUT2D eigenvalue weighted by molar-refractivity contribution is 6.10. The molecule has 1 heterocycles. The first kappa shape index (κ1) is 11.1. The molecule has 2 aliphatic rings. The van der Waals surface area contributed by atoms with Gasteiger partial charge in [0.25, 0.3) is 0 Å². The fraction of sp³-hybridized carbons (Fsp3) is 0.727. The average molecular weight is 225 g/mol. The van der Waals surface area contributed by atoms with E-state index in [0.717, 1.165) is 12.8 Å². The Bertz CT molecular complexity index is 361. The Balaban J connectivity index is 2.19. The highest BCUT2D eigenvalue weighted by Gasteiger charge is 2.56. The predicted molar refractivity (Wildman–Crippen MR) is 54.6 cm³/mol. The molecule has 0 spiro atoms. The second kappa shape index (κ2) is 3.57. The molecule has 2 fully saturated rings.